The lowest BCUT2D eigenvalue weighted by Crippen LogP contribution is -2.47. The maximum atomic E-state index is 13.5. The van der Waals surface area contributed by atoms with E-state index in [9.17, 15) is 4.39 Å². The molecular weight excluding hydrogens is 229 g/mol. The van der Waals surface area contributed by atoms with E-state index >= 15 is 0 Å². The number of ether oxygens (including phenoxy) is 1. The summed E-state index contributed by atoms with van der Waals surface area (Å²) in [6, 6.07) is 7.28. The van der Waals surface area contributed by atoms with Crippen LogP contribution in [0.2, 0.25) is 0 Å². The van der Waals surface area contributed by atoms with E-state index in [1.54, 1.807) is 12.1 Å². The molecule has 0 spiro atoms. The van der Waals surface area contributed by atoms with Crippen LogP contribution in [0.3, 0.4) is 0 Å². The topological polar surface area (TPSA) is 21.3 Å². The van der Waals surface area contributed by atoms with E-state index in [0.29, 0.717) is 18.2 Å². The molecule has 1 aromatic carbocycles. The molecule has 1 aromatic rings. The van der Waals surface area contributed by atoms with Crippen LogP contribution in [0.4, 0.5) is 4.39 Å². The van der Waals surface area contributed by atoms with Crippen molar-refractivity contribution in [2.45, 2.75) is 32.0 Å². The molecule has 1 saturated heterocycles. The van der Waals surface area contributed by atoms with Crippen molar-refractivity contribution in [2.24, 2.45) is 0 Å². The minimum absolute atomic E-state index is 0. The van der Waals surface area contributed by atoms with Crippen LogP contribution in [0.1, 0.15) is 25.5 Å². The number of hydrogen-bond donors (Lipinski definition) is 1. The van der Waals surface area contributed by atoms with Crippen molar-refractivity contribution >= 4 is 12.4 Å². The molecule has 1 aliphatic rings. The molecule has 0 saturated carbocycles. The lowest BCUT2D eigenvalue weighted by Gasteiger charge is -2.34. The average molecular weight is 246 g/mol. The van der Waals surface area contributed by atoms with Crippen LogP contribution in [0.5, 0.6) is 0 Å². The lowest BCUT2D eigenvalue weighted by atomic mass is 10.0. The fraction of sp³-hybridized carbons (Fsp3) is 0.500. The number of nitrogens with one attached hydrogen (secondary N) is 1. The van der Waals surface area contributed by atoms with Gasteiger partial charge in [0.15, 0.2) is 0 Å². The Bertz CT molecular complexity index is 348. The van der Waals surface area contributed by atoms with Crippen LogP contribution in [-0.2, 0) is 4.74 Å². The van der Waals surface area contributed by atoms with Crippen LogP contribution >= 0.6 is 12.4 Å². The molecule has 2 rings (SSSR count). The average Bonchev–Trinajstić information content (AvgIpc) is 2.20. The molecule has 0 aromatic heterocycles. The smallest absolute Gasteiger partial charge is 0.129 e. The molecule has 0 radical (unpaired) electrons. The Kier molecular flexibility index (Phi) is 4.71. The Morgan fingerprint density at radius 1 is 1.31 bits per heavy atom. The SMILES string of the molecule is C[C@H]1CO[C@H](c2ccccc2F)[C@@H](C)N1.Cl. The third-order valence-electron chi connectivity index (χ3n) is 2.74. The first-order valence-electron chi connectivity index (χ1n) is 5.30. The van der Waals surface area contributed by atoms with Crippen LogP contribution in [0, 0.1) is 5.82 Å². The minimum atomic E-state index is -0.189. The zero-order chi connectivity index (χ0) is 10.8. The second-order valence-corrected chi connectivity index (χ2v) is 4.13. The van der Waals surface area contributed by atoms with Crippen molar-refractivity contribution in [3.05, 3.63) is 35.6 Å². The van der Waals surface area contributed by atoms with Gasteiger partial charge in [-0.25, -0.2) is 4.39 Å². The van der Waals surface area contributed by atoms with E-state index in [-0.39, 0.29) is 30.4 Å². The van der Waals surface area contributed by atoms with Gasteiger partial charge >= 0.3 is 0 Å². The molecule has 1 N–H and O–H groups in total. The second kappa shape index (κ2) is 5.62. The van der Waals surface area contributed by atoms with Gasteiger partial charge in [0.2, 0.25) is 0 Å². The van der Waals surface area contributed by atoms with Crippen molar-refractivity contribution < 1.29 is 9.13 Å². The van der Waals surface area contributed by atoms with Gasteiger partial charge in [-0.1, -0.05) is 18.2 Å². The molecule has 3 atom stereocenters. The molecule has 1 fully saturated rings. The van der Waals surface area contributed by atoms with Crippen molar-refractivity contribution in [2.75, 3.05) is 6.61 Å². The fourth-order valence-corrected chi connectivity index (χ4v) is 2.04. The first-order valence-corrected chi connectivity index (χ1v) is 5.30. The maximum Gasteiger partial charge on any atom is 0.129 e. The highest BCUT2D eigenvalue weighted by Crippen LogP contribution is 2.26. The first-order chi connectivity index (χ1) is 7.18. The highest BCUT2D eigenvalue weighted by Gasteiger charge is 2.28. The lowest BCUT2D eigenvalue weighted by molar-refractivity contribution is -0.0225. The van der Waals surface area contributed by atoms with Crippen molar-refractivity contribution in [3.63, 3.8) is 0 Å². The fourth-order valence-electron chi connectivity index (χ4n) is 2.04. The van der Waals surface area contributed by atoms with Gasteiger partial charge in [-0.3, -0.25) is 0 Å². The summed E-state index contributed by atoms with van der Waals surface area (Å²) in [5.41, 5.74) is 0.643. The summed E-state index contributed by atoms with van der Waals surface area (Å²) in [7, 11) is 0. The Labute approximate surface area is 102 Å². The van der Waals surface area contributed by atoms with E-state index in [1.807, 2.05) is 13.0 Å². The molecule has 1 heterocycles. The molecule has 0 unspecified atom stereocenters. The number of morpholine rings is 1. The second-order valence-electron chi connectivity index (χ2n) is 4.13. The number of hydrogen-bond acceptors (Lipinski definition) is 2. The van der Waals surface area contributed by atoms with Crippen molar-refractivity contribution in [3.8, 4) is 0 Å². The Morgan fingerprint density at radius 2 is 2.00 bits per heavy atom. The van der Waals surface area contributed by atoms with Crippen molar-refractivity contribution in [1.82, 2.24) is 5.32 Å². The van der Waals surface area contributed by atoms with Gasteiger partial charge in [-0.15, -0.1) is 12.4 Å². The quantitative estimate of drug-likeness (QED) is 0.822. The maximum absolute atomic E-state index is 13.5. The molecule has 0 amide bonds. The summed E-state index contributed by atoms with van der Waals surface area (Å²) in [6.07, 6.45) is -0.178. The third-order valence-corrected chi connectivity index (χ3v) is 2.74. The molecule has 0 bridgehead atoms. The van der Waals surface area contributed by atoms with E-state index < -0.39 is 0 Å². The van der Waals surface area contributed by atoms with Crippen molar-refractivity contribution in [1.29, 1.82) is 0 Å². The number of benzene rings is 1. The molecule has 2 nitrogen and oxygen atoms in total. The zero-order valence-electron chi connectivity index (χ0n) is 9.44. The highest BCUT2D eigenvalue weighted by atomic mass is 35.5. The molecular formula is C12H17ClFNO. The normalized spacial score (nSPS) is 29.6. The third kappa shape index (κ3) is 2.73. The van der Waals surface area contributed by atoms with Gasteiger partial charge in [0.05, 0.1) is 6.61 Å². The van der Waals surface area contributed by atoms with E-state index in [4.69, 9.17) is 4.74 Å². The summed E-state index contributed by atoms with van der Waals surface area (Å²) in [5.74, 6) is -0.189. The predicted molar refractivity (Wildman–Crippen MR) is 64.4 cm³/mol. The summed E-state index contributed by atoms with van der Waals surface area (Å²) < 4.78 is 19.2. The van der Waals surface area contributed by atoms with Gasteiger partial charge in [-0.2, -0.15) is 0 Å². The van der Waals surface area contributed by atoms with E-state index in [2.05, 4.69) is 12.2 Å². The molecule has 90 valence electrons. The highest BCUT2D eigenvalue weighted by molar-refractivity contribution is 5.85. The number of rotatable bonds is 1. The monoisotopic (exact) mass is 245 g/mol. The zero-order valence-corrected chi connectivity index (χ0v) is 10.3. The largest absolute Gasteiger partial charge is 0.370 e. The molecule has 0 aliphatic carbocycles. The summed E-state index contributed by atoms with van der Waals surface area (Å²) in [5, 5.41) is 3.36. The standard InChI is InChI=1S/C12H16FNO.ClH/c1-8-7-15-12(9(2)14-8)10-5-3-4-6-11(10)13;/h3-6,8-9,12,14H,7H2,1-2H3;1H/t8-,9+,12-;/m0./s1. The van der Waals surface area contributed by atoms with E-state index in [0.717, 1.165) is 0 Å². The van der Waals surface area contributed by atoms with E-state index in [1.165, 1.54) is 6.07 Å². The Balaban J connectivity index is 0.00000128. The summed E-state index contributed by atoms with van der Waals surface area (Å²) in [4.78, 5) is 0. The predicted octanol–water partition coefficient (Wildman–Crippen LogP) is 2.69. The Morgan fingerprint density at radius 3 is 2.62 bits per heavy atom. The first kappa shape index (κ1) is 13.4. The van der Waals surface area contributed by atoms with Gasteiger partial charge in [0.25, 0.3) is 0 Å². The van der Waals surface area contributed by atoms with Crippen LogP contribution < -0.4 is 5.32 Å². The molecule has 4 heteroatoms. The van der Waals surface area contributed by atoms with Crippen LogP contribution in [0.25, 0.3) is 0 Å². The van der Waals surface area contributed by atoms with Gasteiger partial charge in [0, 0.05) is 17.6 Å². The van der Waals surface area contributed by atoms with Gasteiger partial charge < -0.3 is 10.1 Å². The molecule has 1 aliphatic heterocycles. The Hall–Kier alpha value is -0.640. The number of halogens is 2. The van der Waals surface area contributed by atoms with Gasteiger partial charge in [0.1, 0.15) is 11.9 Å². The minimum Gasteiger partial charge on any atom is -0.370 e. The van der Waals surface area contributed by atoms with Crippen LogP contribution in [-0.4, -0.2) is 18.7 Å². The summed E-state index contributed by atoms with van der Waals surface area (Å²) in [6.45, 7) is 4.71. The molecule has 16 heavy (non-hydrogen) atoms. The summed E-state index contributed by atoms with van der Waals surface area (Å²) >= 11 is 0. The van der Waals surface area contributed by atoms with Crippen LogP contribution in [0.15, 0.2) is 24.3 Å². The van der Waals surface area contributed by atoms with Gasteiger partial charge in [-0.05, 0) is 19.9 Å².